The molecule has 1 aliphatic rings. The number of morpholine rings is 1. The quantitative estimate of drug-likeness (QED) is 0.520. The highest BCUT2D eigenvalue weighted by Crippen LogP contribution is 2.31. The summed E-state index contributed by atoms with van der Waals surface area (Å²) in [4.78, 5) is 3.37. The van der Waals surface area contributed by atoms with Gasteiger partial charge in [-0.25, -0.2) is 12.8 Å². The van der Waals surface area contributed by atoms with Crippen LogP contribution in [0.25, 0.3) is 0 Å². The first-order valence-corrected chi connectivity index (χ1v) is 12.7. The van der Waals surface area contributed by atoms with Gasteiger partial charge in [0, 0.05) is 31.6 Å². The number of ether oxygens (including phenoxy) is 1. The summed E-state index contributed by atoms with van der Waals surface area (Å²) in [5.74, 6) is -0.485. The van der Waals surface area contributed by atoms with Crippen molar-refractivity contribution < 1.29 is 17.5 Å². The van der Waals surface area contributed by atoms with Crippen molar-refractivity contribution >= 4 is 27.0 Å². The van der Waals surface area contributed by atoms with Gasteiger partial charge in [0.1, 0.15) is 10.7 Å². The number of halogens is 1. The molecular formula is C22H27FN4O3S2. The maximum Gasteiger partial charge on any atom is 0.268 e. The molecule has 32 heavy (non-hydrogen) atoms. The second-order valence-electron chi connectivity index (χ2n) is 7.92. The number of aromatic nitrogens is 2. The zero-order valence-electron chi connectivity index (χ0n) is 18.4. The van der Waals surface area contributed by atoms with Crippen molar-refractivity contribution in [2.45, 2.75) is 31.8 Å². The SMILES string of the molecule is Cc1nn(C)c(C)c1S(=O)(=O)N(Cc1cc(CN2CCOCC2)cs1)c1cccc(F)c1. The highest BCUT2D eigenvalue weighted by molar-refractivity contribution is 7.92. The average Bonchev–Trinajstić information content (AvgIpc) is 3.29. The molecule has 0 aliphatic carbocycles. The summed E-state index contributed by atoms with van der Waals surface area (Å²) in [6.07, 6.45) is 0. The average molecular weight is 479 g/mol. The monoisotopic (exact) mass is 478 g/mol. The Bertz CT molecular complexity index is 1200. The van der Waals surface area contributed by atoms with Crippen LogP contribution in [0.5, 0.6) is 0 Å². The summed E-state index contributed by atoms with van der Waals surface area (Å²) in [7, 11) is -2.25. The molecule has 7 nitrogen and oxygen atoms in total. The summed E-state index contributed by atoms with van der Waals surface area (Å²) in [5, 5.41) is 6.33. The Morgan fingerprint density at radius 1 is 1.22 bits per heavy atom. The molecule has 4 rings (SSSR count). The molecular weight excluding hydrogens is 451 g/mol. The largest absolute Gasteiger partial charge is 0.379 e. The van der Waals surface area contributed by atoms with E-state index in [1.807, 2.05) is 6.07 Å². The molecule has 0 saturated carbocycles. The lowest BCUT2D eigenvalue weighted by atomic mass is 10.2. The third-order valence-corrected chi connectivity index (χ3v) is 8.60. The van der Waals surface area contributed by atoms with Gasteiger partial charge in [0.15, 0.2) is 0 Å². The standard InChI is InChI=1S/C22H27FN4O3S2/c1-16-22(17(2)25(3)24-16)32(28,29)27(20-6-4-5-19(23)12-20)14-21-11-18(15-31-21)13-26-7-9-30-10-8-26/h4-6,11-12,15H,7-10,13-14H2,1-3H3. The minimum Gasteiger partial charge on any atom is -0.379 e. The molecule has 0 unspecified atom stereocenters. The number of anilines is 1. The van der Waals surface area contributed by atoms with E-state index in [1.54, 1.807) is 31.6 Å². The van der Waals surface area contributed by atoms with Crippen LogP contribution in [0.4, 0.5) is 10.1 Å². The highest BCUT2D eigenvalue weighted by Gasteiger charge is 2.31. The Morgan fingerprint density at radius 3 is 2.62 bits per heavy atom. The van der Waals surface area contributed by atoms with Gasteiger partial charge in [-0.3, -0.25) is 13.9 Å². The lowest BCUT2D eigenvalue weighted by Gasteiger charge is -2.26. The number of hydrogen-bond acceptors (Lipinski definition) is 6. The fraction of sp³-hybridized carbons (Fsp3) is 0.409. The predicted molar refractivity (Wildman–Crippen MR) is 123 cm³/mol. The number of rotatable bonds is 7. The fourth-order valence-electron chi connectivity index (χ4n) is 3.94. The summed E-state index contributed by atoms with van der Waals surface area (Å²) in [6, 6.07) is 7.73. The van der Waals surface area contributed by atoms with E-state index < -0.39 is 15.8 Å². The zero-order chi connectivity index (χ0) is 22.9. The summed E-state index contributed by atoms with van der Waals surface area (Å²) in [6.45, 7) is 7.54. The molecule has 0 bridgehead atoms. The number of thiophene rings is 1. The first kappa shape index (κ1) is 22.9. The number of hydrogen-bond donors (Lipinski definition) is 0. The lowest BCUT2D eigenvalue weighted by Crippen LogP contribution is -2.35. The van der Waals surface area contributed by atoms with E-state index in [0.717, 1.165) is 43.3 Å². The van der Waals surface area contributed by atoms with Gasteiger partial charge < -0.3 is 4.74 Å². The smallest absolute Gasteiger partial charge is 0.268 e. The van der Waals surface area contributed by atoms with Crippen LogP contribution in [0, 0.1) is 19.7 Å². The molecule has 1 aromatic carbocycles. The van der Waals surface area contributed by atoms with Crippen LogP contribution in [0.2, 0.25) is 0 Å². The molecule has 0 amide bonds. The van der Waals surface area contributed by atoms with Crippen molar-refractivity contribution in [2.75, 3.05) is 30.6 Å². The minimum absolute atomic E-state index is 0.118. The maximum absolute atomic E-state index is 14.0. The molecule has 1 fully saturated rings. The molecule has 0 atom stereocenters. The first-order valence-electron chi connectivity index (χ1n) is 10.4. The van der Waals surface area contributed by atoms with Crippen molar-refractivity contribution in [3.8, 4) is 0 Å². The van der Waals surface area contributed by atoms with Gasteiger partial charge in [-0.1, -0.05) is 6.07 Å². The highest BCUT2D eigenvalue weighted by atomic mass is 32.2. The Kier molecular flexibility index (Phi) is 6.66. The third kappa shape index (κ3) is 4.73. The van der Waals surface area contributed by atoms with Crippen LogP contribution in [0.3, 0.4) is 0 Å². The van der Waals surface area contributed by atoms with E-state index in [9.17, 15) is 12.8 Å². The van der Waals surface area contributed by atoms with E-state index in [-0.39, 0.29) is 17.1 Å². The topological polar surface area (TPSA) is 67.7 Å². The Balaban J connectivity index is 1.67. The normalized spacial score (nSPS) is 15.2. The number of nitrogens with zero attached hydrogens (tertiary/aromatic N) is 4. The zero-order valence-corrected chi connectivity index (χ0v) is 20.0. The molecule has 0 radical (unpaired) electrons. The van der Waals surface area contributed by atoms with E-state index in [1.165, 1.54) is 33.8 Å². The van der Waals surface area contributed by atoms with Gasteiger partial charge >= 0.3 is 0 Å². The number of sulfonamides is 1. The van der Waals surface area contributed by atoms with Crippen LogP contribution in [-0.4, -0.2) is 49.4 Å². The fourth-order valence-corrected chi connectivity index (χ4v) is 6.73. The lowest BCUT2D eigenvalue weighted by molar-refractivity contribution is 0.0342. The Labute approximate surface area is 192 Å². The van der Waals surface area contributed by atoms with Crippen molar-refractivity contribution in [1.29, 1.82) is 0 Å². The number of benzene rings is 1. The van der Waals surface area contributed by atoms with E-state index in [0.29, 0.717) is 11.4 Å². The second kappa shape index (κ2) is 9.30. The van der Waals surface area contributed by atoms with Crippen LogP contribution in [-0.2, 0) is 34.9 Å². The molecule has 0 N–H and O–H groups in total. The van der Waals surface area contributed by atoms with Crippen molar-refractivity contribution in [3.63, 3.8) is 0 Å². The molecule has 2 aromatic heterocycles. The second-order valence-corrected chi connectivity index (χ2v) is 10.7. The molecule has 0 spiro atoms. The van der Waals surface area contributed by atoms with Gasteiger partial charge in [-0.2, -0.15) is 5.10 Å². The molecule has 1 saturated heterocycles. The van der Waals surface area contributed by atoms with Gasteiger partial charge in [0.2, 0.25) is 0 Å². The first-order chi connectivity index (χ1) is 15.3. The number of aryl methyl sites for hydroxylation is 2. The summed E-state index contributed by atoms with van der Waals surface area (Å²) in [5.41, 5.74) is 2.39. The minimum atomic E-state index is -3.96. The van der Waals surface area contributed by atoms with Crippen LogP contribution < -0.4 is 4.31 Å². The van der Waals surface area contributed by atoms with E-state index >= 15 is 0 Å². The van der Waals surface area contributed by atoms with Crippen LogP contribution >= 0.6 is 11.3 Å². The third-order valence-electron chi connectivity index (χ3n) is 5.60. The van der Waals surface area contributed by atoms with E-state index in [4.69, 9.17) is 4.74 Å². The van der Waals surface area contributed by atoms with Gasteiger partial charge in [0.25, 0.3) is 10.0 Å². The molecule has 3 heterocycles. The van der Waals surface area contributed by atoms with Crippen molar-refractivity contribution in [3.05, 3.63) is 63.4 Å². The van der Waals surface area contributed by atoms with Gasteiger partial charge in [-0.15, -0.1) is 11.3 Å². The summed E-state index contributed by atoms with van der Waals surface area (Å²) >= 11 is 1.51. The molecule has 172 valence electrons. The molecule has 10 heteroatoms. The van der Waals surface area contributed by atoms with Crippen LogP contribution in [0.1, 0.15) is 21.8 Å². The van der Waals surface area contributed by atoms with Gasteiger partial charge in [0.05, 0.1) is 36.8 Å². The maximum atomic E-state index is 14.0. The molecule has 3 aromatic rings. The van der Waals surface area contributed by atoms with Crippen molar-refractivity contribution in [1.82, 2.24) is 14.7 Å². The molecule has 1 aliphatic heterocycles. The van der Waals surface area contributed by atoms with E-state index in [2.05, 4.69) is 15.4 Å². The van der Waals surface area contributed by atoms with Crippen molar-refractivity contribution in [2.24, 2.45) is 7.05 Å². The van der Waals surface area contributed by atoms with Gasteiger partial charge in [-0.05, 0) is 49.1 Å². The summed E-state index contributed by atoms with van der Waals surface area (Å²) < 4.78 is 49.8. The van der Waals surface area contributed by atoms with Crippen LogP contribution in [0.15, 0.2) is 40.6 Å². The predicted octanol–water partition coefficient (Wildman–Crippen LogP) is 3.47. The Hall–Kier alpha value is -2.27. The Morgan fingerprint density at radius 2 is 1.97 bits per heavy atom.